The predicted octanol–water partition coefficient (Wildman–Crippen LogP) is 1.69. The number of rotatable bonds is 4. The summed E-state index contributed by atoms with van der Waals surface area (Å²) in [7, 11) is 3.46. The minimum Gasteiger partial charge on any atom is -0.496 e. The number of ether oxygens (including phenoxy) is 1. The van der Waals surface area contributed by atoms with E-state index in [1.54, 1.807) is 12.0 Å². The summed E-state index contributed by atoms with van der Waals surface area (Å²) in [5.74, 6) is 1.24. The van der Waals surface area contributed by atoms with Crippen LogP contribution in [0.15, 0.2) is 18.2 Å². The fourth-order valence-electron chi connectivity index (χ4n) is 2.54. The molecule has 4 nitrogen and oxygen atoms in total. The first-order valence-electron chi connectivity index (χ1n) is 6.72. The van der Waals surface area contributed by atoms with Crippen molar-refractivity contribution in [3.05, 3.63) is 29.3 Å². The van der Waals surface area contributed by atoms with Gasteiger partial charge in [-0.15, -0.1) is 0 Å². The van der Waals surface area contributed by atoms with Crippen molar-refractivity contribution in [1.82, 2.24) is 10.2 Å². The van der Waals surface area contributed by atoms with Gasteiger partial charge in [0.2, 0.25) is 0 Å². The Kier molecular flexibility index (Phi) is 4.43. The Labute approximate surface area is 114 Å². The molecule has 1 atom stereocenters. The molecule has 1 saturated heterocycles. The van der Waals surface area contributed by atoms with Crippen LogP contribution in [0.3, 0.4) is 0 Å². The highest BCUT2D eigenvalue weighted by atomic mass is 16.5. The van der Waals surface area contributed by atoms with Gasteiger partial charge in [0.05, 0.1) is 12.7 Å². The third-order valence-corrected chi connectivity index (χ3v) is 3.63. The second kappa shape index (κ2) is 6.06. The molecule has 0 bridgehead atoms. The van der Waals surface area contributed by atoms with E-state index in [4.69, 9.17) is 4.74 Å². The highest BCUT2D eigenvalue weighted by Gasteiger charge is 2.22. The summed E-state index contributed by atoms with van der Waals surface area (Å²) < 4.78 is 5.28. The normalized spacial score (nSPS) is 18.4. The second-order valence-electron chi connectivity index (χ2n) is 5.25. The van der Waals surface area contributed by atoms with Gasteiger partial charge in [0, 0.05) is 13.6 Å². The van der Waals surface area contributed by atoms with Gasteiger partial charge in [-0.2, -0.15) is 0 Å². The standard InChI is InChI=1S/C15H22N2O2/c1-11-4-5-14(19-3)13(8-11)15(18)17(2)10-12-6-7-16-9-12/h4-5,8,12,16H,6-7,9-10H2,1-3H3. The summed E-state index contributed by atoms with van der Waals surface area (Å²) >= 11 is 0. The molecule has 0 radical (unpaired) electrons. The van der Waals surface area contributed by atoms with Crippen LogP contribution in [-0.2, 0) is 0 Å². The number of methoxy groups -OCH3 is 1. The number of nitrogens with zero attached hydrogens (tertiary/aromatic N) is 1. The third-order valence-electron chi connectivity index (χ3n) is 3.63. The topological polar surface area (TPSA) is 41.6 Å². The van der Waals surface area contributed by atoms with E-state index in [0.29, 0.717) is 17.2 Å². The molecule has 1 aromatic carbocycles. The van der Waals surface area contributed by atoms with Crippen LogP contribution >= 0.6 is 0 Å². The molecule has 1 unspecified atom stereocenters. The van der Waals surface area contributed by atoms with E-state index in [0.717, 1.165) is 31.6 Å². The Bertz CT molecular complexity index is 453. The number of amides is 1. The lowest BCUT2D eigenvalue weighted by molar-refractivity contribution is 0.0772. The Morgan fingerprint density at radius 1 is 1.53 bits per heavy atom. The molecule has 0 spiro atoms. The van der Waals surface area contributed by atoms with E-state index in [-0.39, 0.29) is 5.91 Å². The molecule has 1 N–H and O–H groups in total. The highest BCUT2D eigenvalue weighted by Crippen LogP contribution is 2.21. The first-order chi connectivity index (χ1) is 9.11. The van der Waals surface area contributed by atoms with E-state index in [2.05, 4.69) is 5.32 Å². The van der Waals surface area contributed by atoms with Gasteiger partial charge in [-0.05, 0) is 44.5 Å². The SMILES string of the molecule is COc1ccc(C)cc1C(=O)N(C)CC1CCNC1. The molecular weight excluding hydrogens is 240 g/mol. The zero-order valence-corrected chi connectivity index (χ0v) is 11.9. The summed E-state index contributed by atoms with van der Waals surface area (Å²) in [6, 6.07) is 5.70. The molecular formula is C15H22N2O2. The van der Waals surface area contributed by atoms with Crippen molar-refractivity contribution in [3.63, 3.8) is 0 Å². The first-order valence-corrected chi connectivity index (χ1v) is 6.72. The molecule has 19 heavy (non-hydrogen) atoms. The number of nitrogens with one attached hydrogen (secondary N) is 1. The van der Waals surface area contributed by atoms with Crippen LogP contribution in [0.25, 0.3) is 0 Å². The summed E-state index contributed by atoms with van der Waals surface area (Å²) in [5.41, 5.74) is 1.72. The van der Waals surface area contributed by atoms with Gasteiger partial charge in [-0.1, -0.05) is 11.6 Å². The van der Waals surface area contributed by atoms with Crippen molar-refractivity contribution in [2.45, 2.75) is 13.3 Å². The lowest BCUT2D eigenvalue weighted by Crippen LogP contribution is -2.32. The van der Waals surface area contributed by atoms with E-state index < -0.39 is 0 Å². The average molecular weight is 262 g/mol. The summed E-state index contributed by atoms with van der Waals surface area (Å²) in [6.07, 6.45) is 1.14. The molecule has 1 aliphatic rings. The van der Waals surface area contributed by atoms with E-state index in [9.17, 15) is 4.79 Å². The Morgan fingerprint density at radius 2 is 2.32 bits per heavy atom. The summed E-state index contributed by atoms with van der Waals surface area (Å²) in [4.78, 5) is 14.3. The predicted molar refractivity (Wildman–Crippen MR) is 75.7 cm³/mol. The van der Waals surface area contributed by atoms with Crippen molar-refractivity contribution < 1.29 is 9.53 Å². The van der Waals surface area contributed by atoms with Gasteiger partial charge in [0.25, 0.3) is 5.91 Å². The number of carbonyl (C=O) groups excluding carboxylic acids is 1. The zero-order valence-electron chi connectivity index (χ0n) is 11.9. The smallest absolute Gasteiger partial charge is 0.257 e. The molecule has 0 saturated carbocycles. The lowest BCUT2D eigenvalue weighted by Gasteiger charge is -2.22. The van der Waals surface area contributed by atoms with Crippen molar-refractivity contribution in [1.29, 1.82) is 0 Å². The van der Waals surface area contributed by atoms with Crippen LogP contribution in [0.2, 0.25) is 0 Å². The van der Waals surface area contributed by atoms with Crippen LogP contribution in [0.4, 0.5) is 0 Å². The first kappa shape index (κ1) is 13.9. The monoisotopic (exact) mass is 262 g/mol. The molecule has 104 valence electrons. The molecule has 1 fully saturated rings. The third kappa shape index (κ3) is 3.26. The van der Waals surface area contributed by atoms with Gasteiger partial charge in [-0.25, -0.2) is 0 Å². The number of benzene rings is 1. The van der Waals surface area contributed by atoms with Gasteiger partial charge < -0.3 is 15.0 Å². The van der Waals surface area contributed by atoms with Crippen molar-refractivity contribution >= 4 is 5.91 Å². The Balaban J connectivity index is 2.11. The minimum absolute atomic E-state index is 0.0347. The van der Waals surface area contributed by atoms with Gasteiger partial charge in [0.15, 0.2) is 0 Å². The van der Waals surface area contributed by atoms with Crippen LogP contribution < -0.4 is 10.1 Å². The molecule has 0 aromatic heterocycles. The number of carbonyl (C=O) groups is 1. The molecule has 1 aliphatic heterocycles. The van der Waals surface area contributed by atoms with E-state index >= 15 is 0 Å². The van der Waals surface area contributed by atoms with Crippen molar-refractivity contribution in [2.24, 2.45) is 5.92 Å². The zero-order chi connectivity index (χ0) is 13.8. The highest BCUT2D eigenvalue weighted by molar-refractivity contribution is 5.97. The number of aryl methyl sites for hydroxylation is 1. The molecule has 4 heteroatoms. The van der Waals surface area contributed by atoms with Gasteiger partial charge in [0.1, 0.15) is 5.75 Å². The van der Waals surface area contributed by atoms with Gasteiger partial charge >= 0.3 is 0 Å². The maximum Gasteiger partial charge on any atom is 0.257 e. The Hall–Kier alpha value is -1.55. The molecule has 1 aromatic rings. The Morgan fingerprint density at radius 3 is 2.95 bits per heavy atom. The van der Waals surface area contributed by atoms with Crippen LogP contribution in [0.1, 0.15) is 22.3 Å². The van der Waals surface area contributed by atoms with Crippen molar-refractivity contribution in [3.8, 4) is 5.75 Å². The van der Waals surface area contributed by atoms with E-state index in [1.165, 1.54) is 0 Å². The lowest BCUT2D eigenvalue weighted by atomic mass is 10.1. The minimum atomic E-state index is 0.0347. The molecule has 1 amide bonds. The molecule has 1 heterocycles. The van der Waals surface area contributed by atoms with Crippen LogP contribution in [0, 0.1) is 12.8 Å². The fraction of sp³-hybridized carbons (Fsp3) is 0.533. The average Bonchev–Trinajstić information content (AvgIpc) is 2.90. The number of hydrogen-bond acceptors (Lipinski definition) is 3. The maximum absolute atomic E-state index is 12.5. The van der Waals surface area contributed by atoms with Gasteiger partial charge in [-0.3, -0.25) is 4.79 Å². The maximum atomic E-state index is 12.5. The van der Waals surface area contributed by atoms with E-state index in [1.807, 2.05) is 32.2 Å². The second-order valence-corrected chi connectivity index (χ2v) is 5.25. The largest absolute Gasteiger partial charge is 0.496 e. The molecule has 2 rings (SSSR count). The van der Waals surface area contributed by atoms with Crippen LogP contribution in [0.5, 0.6) is 5.75 Å². The van der Waals surface area contributed by atoms with Crippen molar-refractivity contribution in [2.75, 3.05) is 33.8 Å². The fourth-order valence-corrected chi connectivity index (χ4v) is 2.54. The van der Waals surface area contributed by atoms with Crippen LogP contribution in [-0.4, -0.2) is 44.6 Å². The summed E-state index contributed by atoms with van der Waals surface area (Å²) in [6.45, 7) is 4.84. The quantitative estimate of drug-likeness (QED) is 0.897. The number of hydrogen-bond donors (Lipinski definition) is 1. The molecule has 0 aliphatic carbocycles. The summed E-state index contributed by atoms with van der Waals surface area (Å²) in [5, 5.41) is 3.33.